The third-order valence-corrected chi connectivity index (χ3v) is 9.58. The number of piperazine rings is 1. The van der Waals surface area contributed by atoms with Crippen molar-refractivity contribution >= 4 is 11.8 Å². The Balaban J connectivity index is 1.14. The minimum atomic E-state index is -0.861. The van der Waals surface area contributed by atoms with Crippen LogP contribution in [0.15, 0.2) is 95.7 Å². The molecular weight excluding hydrogens is 630 g/mol. The monoisotopic (exact) mass is 679 g/mol. The van der Waals surface area contributed by atoms with E-state index in [4.69, 9.17) is 4.42 Å². The number of benzene rings is 2. The average molecular weight is 680 g/mol. The summed E-state index contributed by atoms with van der Waals surface area (Å²) in [6.07, 6.45) is 3.05. The Morgan fingerprint density at radius 3 is 2.48 bits per heavy atom. The molecule has 264 valence electrons. The number of pyridine rings is 1. The van der Waals surface area contributed by atoms with E-state index in [0.29, 0.717) is 39.0 Å². The Kier molecular flexibility index (Phi) is 11.1. The predicted octanol–water partition coefficient (Wildman–Crippen LogP) is 4.13. The number of nitrogens with zero attached hydrogens (tertiary/aromatic N) is 3. The van der Waals surface area contributed by atoms with Gasteiger partial charge in [-0.05, 0) is 74.6 Å². The number of carbonyl (C=O) groups is 2. The molecule has 6 rings (SSSR count). The number of hydrogen-bond donors (Lipinski definition) is 4. The zero-order valence-corrected chi connectivity index (χ0v) is 29.2. The maximum absolute atomic E-state index is 13.9. The minimum Gasteiger partial charge on any atom is -0.460 e. The van der Waals surface area contributed by atoms with E-state index in [-0.39, 0.29) is 24.8 Å². The van der Waals surface area contributed by atoms with Gasteiger partial charge in [0.25, 0.3) is 0 Å². The molecule has 0 saturated carbocycles. The second-order valence-corrected chi connectivity index (χ2v) is 14.7. The first-order valence-electron chi connectivity index (χ1n) is 17.6. The fraction of sp³-hybridized carbons (Fsp3) is 0.425. The number of fused-ring (bicyclic) bond motifs is 1. The van der Waals surface area contributed by atoms with Gasteiger partial charge in [0.2, 0.25) is 11.8 Å². The normalized spacial score (nSPS) is 20.9. The van der Waals surface area contributed by atoms with Gasteiger partial charge in [-0.1, -0.05) is 54.6 Å². The molecule has 10 heteroatoms. The van der Waals surface area contributed by atoms with Crippen molar-refractivity contribution in [1.82, 2.24) is 25.4 Å². The van der Waals surface area contributed by atoms with Crippen molar-refractivity contribution in [2.24, 2.45) is 5.92 Å². The highest BCUT2D eigenvalue weighted by atomic mass is 16.3. The van der Waals surface area contributed by atoms with E-state index in [9.17, 15) is 19.8 Å². The van der Waals surface area contributed by atoms with Gasteiger partial charge in [0.15, 0.2) is 0 Å². The maximum Gasteiger partial charge on any atom is 0.239 e. The van der Waals surface area contributed by atoms with Gasteiger partial charge >= 0.3 is 0 Å². The van der Waals surface area contributed by atoms with Crippen LogP contribution >= 0.6 is 0 Å². The lowest BCUT2D eigenvalue weighted by atomic mass is 9.91. The van der Waals surface area contributed by atoms with E-state index in [1.165, 1.54) is 0 Å². The van der Waals surface area contributed by atoms with Gasteiger partial charge in [-0.25, -0.2) is 0 Å². The van der Waals surface area contributed by atoms with Crippen molar-refractivity contribution < 1.29 is 24.2 Å². The van der Waals surface area contributed by atoms with Crippen LogP contribution in [0.3, 0.4) is 0 Å². The Morgan fingerprint density at radius 2 is 1.72 bits per heavy atom. The molecule has 0 spiro atoms. The summed E-state index contributed by atoms with van der Waals surface area (Å²) in [6.45, 7) is 8.39. The molecule has 1 aliphatic heterocycles. The number of aliphatic hydroxyl groups is 2. The first kappa shape index (κ1) is 35.5. The van der Waals surface area contributed by atoms with E-state index >= 15 is 0 Å². The summed E-state index contributed by atoms with van der Waals surface area (Å²) >= 11 is 0. The fourth-order valence-corrected chi connectivity index (χ4v) is 7.17. The number of rotatable bonds is 12. The Labute approximate surface area is 294 Å². The van der Waals surface area contributed by atoms with Crippen LogP contribution in [0.2, 0.25) is 0 Å². The van der Waals surface area contributed by atoms with Crippen molar-refractivity contribution in [1.29, 1.82) is 0 Å². The largest absolute Gasteiger partial charge is 0.460 e. The summed E-state index contributed by atoms with van der Waals surface area (Å²) in [6, 6.07) is 24.3. The molecule has 2 aromatic heterocycles. The van der Waals surface area contributed by atoms with Crippen molar-refractivity contribution in [3.63, 3.8) is 0 Å². The molecule has 0 radical (unpaired) electrons. The molecule has 3 heterocycles. The van der Waals surface area contributed by atoms with Crippen LogP contribution in [0.5, 0.6) is 0 Å². The molecule has 1 saturated heterocycles. The van der Waals surface area contributed by atoms with Crippen molar-refractivity contribution in [2.45, 2.75) is 76.4 Å². The predicted molar refractivity (Wildman–Crippen MR) is 192 cm³/mol. The summed E-state index contributed by atoms with van der Waals surface area (Å²) in [5, 5.41) is 28.7. The number of amides is 2. The highest BCUT2D eigenvalue weighted by Crippen LogP contribution is 2.32. The zero-order valence-electron chi connectivity index (χ0n) is 29.2. The standard InChI is InChI=1S/C40H49N5O5/c1-40(2,3)43-39(49)34-26-44(25-32-13-14-36(50-32)28-15-17-41-18-16-28)19-20-45(34)24-31(46)22-30(21-27-9-5-4-6-10-27)38(48)42-37-33-12-8-7-11-29(33)23-35(37)47/h4-18,30-31,34-35,37,46-47H,19-26H2,1-3H3,(H,42,48)(H,43,49)/t30-,31-,34-,35+,37-/m0/s1. The lowest BCUT2D eigenvalue weighted by Gasteiger charge is -2.42. The van der Waals surface area contributed by atoms with Gasteiger partial charge < -0.3 is 25.3 Å². The molecule has 2 aromatic carbocycles. The Bertz CT molecular complexity index is 1720. The number of β-amino-alcohol motifs (C(OH)–C–C–N with tert-alkyl or cyclic N) is 1. The third-order valence-electron chi connectivity index (χ3n) is 9.58. The SMILES string of the molecule is CC(C)(C)NC(=O)[C@@H]1CN(Cc2ccc(-c3ccncc3)o2)CCN1C[C@@H](O)C[C@H](Cc1ccccc1)C(=O)N[C@H]1c2ccccc2C[C@H]1O. The molecule has 1 aliphatic carbocycles. The van der Waals surface area contributed by atoms with Crippen LogP contribution in [-0.4, -0.2) is 86.8 Å². The van der Waals surface area contributed by atoms with Crippen LogP contribution in [0.4, 0.5) is 0 Å². The van der Waals surface area contributed by atoms with Gasteiger partial charge in [-0.2, -0.15) is 0 Å². The van der Waals surface area contributed by atoms with Crippen LogP contribution in [0.25, 0.3) is 11.3 Å². The Morgan fingerprint density at radius 1 is 0.980 bits per heavy atom. The molecule has 4 N–H and O–H groups in total. The highest BCUT2D eigenvalue weighted by molar-refractivity contribution is 5.83. The molecule has 0 unspecified atom stereocenters. The Hall–Kier alpha value is -4.35. The van der Waals surface area contributed by atoms with Gasteiger partial charge in [0, 0.05) is 62.0 Å². The summed E-state index contributed by atoms with van der Waals surface area (Å²) < 4.78 is 6.15. The second-order valence-electron chi connectivity index (χ2n) is 14.7. The number of aromatic nitrogens is 1. The molecule has 0 bridgehead atoms. The van der Waals surface area contributed by atoms with Crippen LogP contribution in [0, 0.1) is 5.92 Å². The quantitative estimate of drug-likeness (QED) is 0.176. The summed E-state index contributed by atoms with van der Waals surface area (Å²) in [5.41, 5.74) is 3.49. The van der Waals surface area contributed by atoms with Gasteiger partial charge in [-0.3, -0.25) is 24.4 Å². The topological polar surface area (TPSA) is 131 Å². The molecule has 50 heavy (non-hydrogen) atoms. The number of aliphatic hydroxyl groups excluding tert-OH is 2. The van der Waals surface area contributed by atoms with E-state index in [2.05, 4.69) is 20.5 Å². The van der Waals surface area contributed by atoms with Crippen LogP contribution in [0.1, 0.15) is 55.7 Å². The first-order chi connectivity index (χ1) is 24.0. The number of nitrogens with one attached hydrogen (secondary N) is 2. The van der Waals surface area contributed by atoms with E-state index in [0.717, 1.165) is 33.8 Å². The zero-order chi connectivity index (χ0) is 35.3. The smallest absolute Gasteiger partial charge is 0.239 e. The van der Waals surface area contributed by atoms with Gasteiger partial charge in [0.05, 0.1) is 24.8 Å². The third kappa shape index (κ3) is 9.05. The second kappa shape index (κ2) is 15.7. The van der Waals surface area contributed by atoms with Crippen molar-refractivity contribution in [3.05, 3.63) is 114 Å². The molecular formula is C40H49N5O5. The van der Waals surface area contributed by atoms with Gasteiger partial charge in [-0.15, -0.1) is 0 Å². The highest BCUT2D eigenvalue weighted by Gasteiger charge is 2.37. The molecule has 1 fully saturated rings. The maximum atomic E-state index is 13.9. The summed E-state index contributed by atoms with van der Waals surface area (Å²) in [7, 11) is 0. The molecule has 10 nitrogen and oxygen atoms in total. The van der Waals surface area contributed by atoms with E-state index in [1.54, 1.807) is 12.4 Å². The molecule has 5 atom stereocenters. The molecule has 2 aliphatic rings. The van der Waals surface area contributed by atoms with E-state index < -0.39 is 35.7 Å². The van der Waals surface area contributed by atoms with Crippen LogP contribution in [-0.2, 0) is 29.0 Å². The number of hydrogen-bond acceptors (Lipinski definition) is 8. The number of carbonyl (C=O) groups excluding carboxylic acids is 2. The minimum absolute atomic E-state index is 0.0983. The van der Waals surface area contributed by atoms with Crippen LogP contribution < -0.4 is 10.6 Å². The molecule has 2 amide bonds. The number of furan rings is 1. The van der Waals surface area contributed by atoms with Gasteiger partial charge in [0.1, 0.15) is 17.6 Å². The van der Waals surface area contributed by atoms with Crippen molar-refractivity contribution in [3.8, 4) is 11.3 Å². The fourth-order valence-electron chi connectivity index (χ4n) is 7.17. The average Bonchev–Trinajstić information content (AvgIpc) is 3.69. The summed E-state index contributed by atoms with van der Waals surface area (Å²) in [5.74, 6) is 0.741. The van der Waals surface area contributed by atoms with Crippen molar-refractivity contribution in [2.75, 3.05) is 26.2 Å². The molecule has 4 aromatic rings. The summed E-state index contributed by atoms with van der Waals surface area (Å²) in [4.78, 5) is 35.9. The lowest BCUT2D eigenvalue weighted by molar-refractivity contribution is -0.132. The lowest BCUT2D eigenvalue weighted by Crippen LogP contribution is -2.61. The van der Waals surface area contributed by atoms with E-state index in [1.807, 2.05) is 105 Å². The first-order valence-corrected chi connectivity index (χ1v) is 17.6.